The minimum Gasteiger partial charge on any atom is -0.509 e. The molecule has 3 aliphatic heterocycles. The molecule has 2 aliphatic carbocycles. The summed E-state index contributed by atoms with van der Waals surface area (Å²) >= 11 is 0. The SMILES string of the molecule is COC(=O)[C@@]12C(=O)c3cc(C)c(-c4c(C)cc5c(c4O)OC4=C(O)C[C@@H](C)[C@@H](O)[C@@]4(CO[C@@H]4O[C@@H](C)[C@@H](O)[C@H](O)[C@@H]4O)C5=O)c(O)c3OC1=C(O)[C@H](C)[C@@H](C)[C@@H]2O. The lowest BCUT2D eigenvalue weighted by atomic mass is 9.62. The topological polar surface area (TPSA) is 279 Å². The minimum atomic E-state index is -2.50. The predicted molar refractivity (Wildman–Crippen MR) is 193 cm³/mol. The molecule has 17 nitrogen and oxygen atoms in total. The van der Waals surface area contributed by atoms with Crippen molar-refractivity contribution in [3.63, 3.8) is 0 Å². The Bertz CT molecular complexity index is 2160. The molecule has 1 saturated heterocycles. The molecule has 0 radical (unpaired) electrons. The van der Waals surface area contributed by atoms with Crippen molar-refractivity contribution in [1.29, 1.82) is 0 Å². The van der Waals surface area contributed by atoms with Crippen LogP contribution in [0.25, 0.3) is 11.1 Å². The van der Waals surface area contributed by atoms with Crippen LogP contribution >= 0.6 is 0 Å². The first-order valence-corrected chi connectivity index (χ1v) is 18.5. The van der Waals surface area contributed by atoms with Crippen molar-refractivity contribution in [2.45, 2.75) is 90.9 Å². The highest BCUT2D eigenvalue weighted by atomic mass is 16.7. The summed E-state index contributed by atoms with van der Waals surface area (Å²) in [4.78, 5) is 42.4. The summed E-state index contributed by atoms with van der Waals surface area (Å²) in [5.41, 5.74) is -5.10. The van der Waals surface area contributed by atoms with Crippen molar-refractivity contribution in [1.82, 2.24) is 0 Å². The molecule has 9 N–H and O–H groups in total. The van der Waals surface area contributed by atoms with E-state index in [2.05, 4.69) is 0 Å². The number of aromatic hydroxyl groups is 2. The molecule has 7 rings (SSSR count). The van der Waals surface area contributed by atoms with Crippen molar-refractivity contribution in [2.24, 2.45) is 28.6 Å². The number of fused-ring (bicyclic) bond motifs is 4. The van der Waals surface area contributed by atoms with E-state index in [9.17, 15) is 60.3 Å². The lowest BCUT2D eigenvalue weighted by Gasteiger charge is -2.47. The molecular formula is C40H46O17. The fourth-order valence-corrected chi connectivity index (χ4v) is 9.05. The average molecular weight is 799 g/mol. The number of allylic oxidation sites excluding steroid dienone is 2. The van der Waals surface area contributed by atoms with Gasteiger partial charge in [-0.1, -0.05) is 20.8 Å². The third kappa shape index (κ3) is 5.29. The summed E-state index contributed by atoms with van der Waals surface area (Å²) in [6, 6.07) is 2.60. The van der Waals surface area contributed by atoms with E-state index in [1.54, 1.807) is 20.8 Å². The number of phenols is 2. The molecule has 57 heavy (non-hydrogen) atoms. The van der Waals surface area contributed by atoms with Crippen molar-refractivity contribution in [3.05, 3.63) is 57.4 Å². The Labute approximate surface area is 325 Å². The maximum Gasteiger partial charge on any atom is 0.330 e. The molecule has 308 valence electrons. The Morgan fingerprint density at radius 1 is 0.789 bits per heavy atom. The molecule has 5 aliphatic rings. The minimum absolute atomic E-state index is 0.0992. The number of ketones is 2. The molecule has 1 fully saturated rings. The van der Waals surface area contributed by atoms with E-state index in [-0.39, 0.29) is 39.8 Å². The number of phenolic OH excluding ortho intramolecular Hbond substituents is 2. The Balaban J connectivity index is 1.35. The van der Waals surface area contributed by atoms with Gasteiger partial charge in [0.05, 0.1) is 43.2 Å². The number of hydrogen-bond donors (Lipinski definition) is 9. The smallest absolute Gasteiger partial charge is 0.330 e. The molecule has 2 aromatic rings. The maximum atomic E-state index is 14.7. The quantitative estimate of drug-likeness (QED) is 0.155. The second kappa shape index (κ2) is 13.7. The van der Waals surface area contributed by atoms with Gasteiger partial charge in [-0.05, 0) is 55.9 Å². The normalized spacial score (nSPS) is 36.1. The predicted octanol–water partition coefficient (Wildman–Crippen LogP) is 2.11. The van der Waals surface area contributed by atoms with Crippen LogP contribution in [0.4, 0.5) is 0 Å². The first-order chi connectivity index (χ1) is 26.7. The zero-order valence-corrected chi connectivity index (χ0v) is 32.1. The number of methoxy groups -OCH3 is 1. The number of rotatable bonds is 5. The third-order valence-corrected chi connectivity index (χ3v) is 12.6. The van der Waals surface area contributed by atoms with Crippen LogP contribution in [-0.2, 0) is 19.0 Å². The van der Waals surface area contributed by atoms with E-state index < -0.39 is 142 Å². The van der Waals surface area contributed by atoms with Crippen LogP contribution in [-0.4, -0.2) is 120 Å². The van der Waals surface area contributed by atoms with Gasteiger partial charge in [-0.3, -0.25) is 14.4 Å². The van der Waals surface area contributed by atoms with E-state index >= 15 is 0 Å². The molecule has 0 unspecified atom stereocenters. The number of aryl methyl sites for hydroxylation is 2. The second-order valence-corrected chi connectivity index (χ2v) is 15.9. The number of hydrogen-bond acceptors (Lipinski definition) is 17. The van der Waals surface area contributed by atoms with E-state index in [0.717, 1.165) is 7.11 Å². The molecule has 0 amide bonds. The van der Waals surface area contributed by atoms with Crippen LogP contribution in [0.1, 0.15) is 66.0 Å². The maximum absolute atomic E-state index is 14.7. The van der Waals surface area contributed by atoms with Gasteiger partial charge in [-0.25, -0.2) is 0 Å². The van der Waals surface area contributed by atoms with E-state index in [0.29, 0.717) is 0 Å². The fourth-order valence-electron chi connectivity index (χ4n) is 9.05. The molecule has 3 heterocycles. The highest BCUT2D eigenvalue weighted by Gasteiger charge is 2.67. The van der Waals surface area contributed by atoms with Crippen LogP contribution in [0.3, 0.4) is 0 Å². The number of ether oxygens (including phenoxy) is 5. The fraction of sp³-hybridized carbons (Fsp3) is 0.525. The van der Waals surface area contributed by atoms with Crippen molar-refractivity contribution in [2.75, 3.05) is 13.7 Å². The zero-order chi connectivity index (χ0) is 42.0. The van der Waals surface area contributed by atoms with Gasteiger partial charge >= 0.3 is 5.97 Å². The van der Waals surface area contributed by atoms with Crippen molar-refractivity contribution >= 4 is 17.5 Å². The average Bonchev–Trinajstić information content (AvgIpc) is 3.17. The first-order valence-electron chi connectivity index (χ1n) is 18.5. The van der Waals surface area contributed by atoms with Gasteiger partial charge < -0.3 is 69.6 Å². The number of Topliss-reactive ketones (excluding diaryl/α,β-unsaturated/α-hetero) is 2. The number of aliphatic hydroxyl groups excluding tert-OH is 7. The van der Waals surface area contributed by atoms with E-state index in [1.165, 1.54) is 32.9 Å². The van der Waals surface area contributed by atoms with Gasteiger partial charge in [0.15, 0.2) is 52.4 Å². The van der Waals surface area contributed by atoms with E-state index in [1.807, 2.05) is 0 Å². The highest BCUT2D eigenvalue weighted by Crippen LogP contribution is 2.60. The number of carbonyl (C=O) groups is 3. The molecule has 0 bridgehead atoms. The number of carbonyl (C=O) groups excluding carboxylic acids is 3. The molecule has 12 atom stereocenters. The van der Waals surface area contributed by atoms with Gasteiger partial charge in [0.2, 0.25) is 5.41 Å². The molecule has 17 heteroatoms. The Morgan fingerprint density at radius 2 is 1.33 bits per heavy atom. The van der Waals surface area contributed by atoms with Gasteiger partial charge in [-0.2, -0.15) is 0 Å². The summed E-state index contributed by atoms with van der Waals surface area (Å²) in [5, 5.41) is 101. The summed E-state index contributed by atoms with van der Waals surface area (Å²) in [5.74, 6) is -9.79. The Hall–Kier alpha value is -4.75. The summed E-state index contributed by atoms with van der Waals surface area (Å²) < 4.78 is 28.5. The van der Waals surface area contributed by atoms with Crippen LogP contribution in [0.15, 0.2) is 35.2 Å². The zero-order valence-electron chi connectivity index (χ0n) is 32.1. The summed E-state index contributed by atoms with van der Waals surface area (Å²) in [7, 11) is 1.01. The van der Waals surface area contributed by atoms with Gasteiger partial charge in [0.25, 0.3) is 0 Å². The van der Waals surface area contributed by atoms with Crippen molar-refractivity contribution < 1.29 is 84.0 Å². The van der Waals surface area contributed by atoms with E-state index in [4.69, 9.17) is 23.7 Å². The molecule has 0 saturated carbocycles. The van der Waals surface area contributed by atoms with Crippen LogP contribution in [0, 0.1) is 42.4 Å². The molecule has 0 spiro atoms. The summed E-state index contributed by atoms with van der Waals surface area (Å²) in [6.07, 6.45) is -10.8. The number of benzene rings is 2. The number of esters is 1. The number of aliphatic hydroxyl groups is 7. The van der Waals surface area contributed by atoms with Gasteiger partial charge in [-0.15, -0.1) is 0 Å². The van der Waals surface area contributed by atoms with Crippen LogP contribution in [0.2, 0.25) is 0 Å². The molecule has 2 aromatic carbocycles. The molecular weight excluding hydrogens is 752 g/mol. The lowest BCUT2D eigenvalue weighted by Crippen LogP contribution is -2.60. The second-order valence-electron chi connectivity index (χ2n) is 15.9. The Morgan fingerprint density at radius 3 is 1.89 bits per heavy atom. The first kappa shape index (κ1) is 40.4. The van der Waals surface area contributed by atoms with Gasteiger partial charge in [0, 0.05) is 23.5 Å². The van der Waals surface area contributed by atoms with Crippen LogP contribution < -0.4 is 9.47 Å². The standard InChI is InChI=1S/C40H46O17/c1-12-8-18-29(56-35-20(41)10-14(3)31(48)39(35,33(18)50)11-54-37-28(47)27(46)24(43)17(6)55-37)25(44)21(12)22-13(2)9-19-30(26(22)45)57-36-23(42)15(4)16(5)32(49)40(36,34(19)51)38(52)53-7/h8-9,14-17,24,27-28,31-32,37,41-49H,10-11H2,1-7H3/t14-,15-,16-,17+,24-,27+,28+,31-,32+,37-,39+,40+/m1/s1. The third-order valence-electron chi connectivity index (χ3n) is 12.6. The Kier molecular flexibility index (Phi) is 9.71. The monoisotopic (exact) mass is 798 g/mol. The molecule has 0 aromatic heterocycles. The largest absolute Gasteiger partial charge is 0.509 e. The van der Waals surface area contributed by atoms with Gasteiger partial charge in [0.1, 0.15) is 35.2 Å². The highest BCUT2D eigenvalue weighted by molar-refractivity contribution is 6.19. The van der Waals surface area contributed by atoms with Crippen molar-refractivity contribution in [3.8, 4) is 34.1 Å². The lowest BCUT2D eigenvalue weighted by molar-refractivity contribution is -0.299. The summed E-state index contributed by atoms with van der Waals surface area (Å²) in [6.45, 7) is 8.35. The van der Waals surface area contributed by atoms with Crippen LogP contribution in [0.5, 0.6) is 23.0 Å².